The second-order valence-electron chi connectivity index (χ2n) is 4.16. The predicted molar refractivity (Wildman–Crippen MR) is 78.8 cm³/mol. The molecule has 1 fully saturated rings. The molecular weight excluding hydrogens is 400 g/mol. The molecule has 1 aliphatic rings. The summed E-state index contributed by atoms with van der Waals surface area (Å²) in [7, 11) is 0. The summed E-state index contributed by atoms with van der Waals surface area (Å²) in [4.78, 5) is 0. The number of nitrogens with one attached hydrogen (secondary N) is 1. The first-order valence-corrected chi connectivity index (χ1v) is 7.61. The molecule has 0 saturated heterocycles. The summed E-state index contributed by atoms with van der Waals surface area (Å²) in [6.45, 7) is 0. The first-order chi connectivity index (χ1) is 7.56. The molecule has 0 aromatic heterocycles. The molecule has 0 amide bonds. The van der Waals surface area contributed by atoms with Crippen molar-refractivity contribution in [1.29, 1.82) is 0 Å². The third-order valence-electron chi connectivity index (χ3n) is 2.83. The lowest BCUT2D eigenvalue weighted by Crippen LogP contribution is -2.21. The standard InChI is InChI=1S/C11H13Br3N2/c12-6-3-9(13)11(10(14)4-6)16-8-2-1-7(15)5-8/h3-4,7-8,16H,1-2,5,15H2. The van der Waals surface area contributed by atoms with E-state index in [0.29, 0.717) is 12.1 Å². The van der Waals surface area contributed by atoms with Gasteiger partial charge < -0.3 is 11.1 Å². The lowest BCUT2D eigenvalue weighted by molar-refractivity contribution is 0.687. The van der Waals surface area contributed by atoms with E-state index in [1.54, 1.807) is 0 Å². The molecule has 1 saturated carbocycles. The number of hydrogen-bond acceptors (Lipinski definition) is 2. The summed E-state index contributed by atoms with van der Waals surface area (Å²) in [5, 5.41) is 3.54. The zero-order valence-corrected chi connectivity index (χ0v) is 13.4. The number of rotatable bonds is 2. The molecule has 2 rings (SSSR count). The second kappa shape index (κ2) is 5.38. The van der Waals surface area contributed by atoms with E-state index in [4.69, 9.17) is 5.73 Å². The van der Waals surface area contributed by atoms with Gasteiger partial charge in [-0.2, -0.15) is 0 Å². The second-order valence-corrected chi connectivity index (χ2v) is 6.78. The van der Waals surface area contributed by atoms with Crippen LogP contribution in [0.25, 0.3) is 0 Å². The molecule has 2 nitrogen and oxygen atoms in total. The van der Waals surface area contributed by atoms with E-state index in [9.17, 15) is 0 Å². The summed E-state index contributed by atoms with van der Waals surface area (Å²) in [5.41, 5.74) is 7.02. The Morgan fingerprint density at radius 1 is 1.12 bits per heavy atom. The fourth-order valence-corrected chi connectivity index (χ4v) is 4.52. The van der Waals surface area contributed by atoms with Gasteiger partial charge in [0.2, 0.25) is 0 Å². The van der Waals surface area contributed by atoms with Crippen molar-refractivity contribution < 1.29 is 0 Å². The largest absolute Gasteiger partial charge is 0.380 e. The first kappa shape index (κ1) is 12.9. The minimum Gasteiger partial charge on any atom is -0.380 e. The highest BCUT2D eigenvalue weighted by molar-refractivity contribution is 9.11. The van der Waals surface area contributed by atoms with E-state index in [1.165, 1.54) is 0 Å². The smallest absolute Gasteiger partial charge is 0.0631 e. The average molecular weight is 413 g/mol. The van der Waals surface area contributed by atoms with Crippen LogP contribution in [0.1, 0.15) is 19.3 Å². The molecule has 1 aromatic carbocycles. The van der Waals surface area contributed by atoms with Gasteiger partial charge in [0, 0.05) is 25.5 Å². The highest BCUT2D eigenvalue weighted by Crippen LogP contribution is 2.36. The van der Waals surface area contributed by atoms with Crippen molar-refractivity contribution in [2.24, 2.45) is 5.73 Å². The molecule has 0 aliphatic heterocycles. The maximum absolute atomic E-state index is 5.91. The van der Waals surface area contributed by atoms with Crippen LogP contribution in [-0.2, 0) is 0 Å². The Labute approximate surface area is 121 Å². The summed E-state index contributed by atoms with van der Waals surface area (Å²) >= 11 is 10.6. The molecule has 3 N–H and O–H groups in total. The highest BCUT2D eigenvalue weighted by Gasteiger charge is 2.22. The molecule has 16 heavy (non-hydrogen) atoms. The van der Waals surface area contributed by atoms with Crippen LogP contribution in [0, 0.1) is 0 Å². The van der Waals surface area contributed by atoms with Crippen LogP contribution in [0.15, 0.2) is 25.6 Å². The van der Waals surface area contributed by atoms with Gasteiger partial charge in [-0.1, -0.05) is 15.9 Å². The van der Waals surface area contributed by atoms with Gasteiger partial charge >= 0.3 is 0 Å². The lowest BCUT2D eigenvalue weighted by Gasteiger charge is -2.17. The molecule has 0 bridgehead atoms. The third-order valence-corrected chi connectivity index (χ3v) is 4.54. The van der Waals surface area contributed by atoms with Crippen molar-refractivity contribution in [3.8, 4) is 0 Å². The van der Waals surface area contributed by atoms with Gasteiger partial charge in [-0.15, -0.1) is 0 Å². The topological polar surface area (TPSA) is 38.0 Å². The maximum atomic E-state index is 5.91. The molecule has 0 heterocycles. The van der Waals surface area contributed by atoms with Gasteiger partial charge in [-0.25, -0.2) is 0 Å². The number of hydrogen-bond donors (Lipinski definition) is 2. The van der Waals surface area contributed by atoms with E-state index < -0.39 is 0 Å². The number of halogens is 3. The van der Waals surface area contributed by atoms with Crippen molar-refractivity contribution in [3.05, 3.63) is 25.6 Å². The van der Waals surface area contributed by atoms with Crippen LogP contribution in [-0.4, -0.2) is 12.1 Å². The van der Waals surface area contributed by atoms with E-state index in [0.717, 1.165) is 38.4 Å². The molecule has 5 heteroatoms. The van der Waals surface area contributed by atoms with Crippen molar-refractivity contribution >= 4 is 53.5 Å². The summed E-state index contributed by atoms with van der Waals surface area (Å²) in [6, 6.07) is 4.93. The monoisotopic (exact) mass is 410 g/mol. The van der Waals surface area contributed by atoms with Crippen LogP contribution in [0.4, 0.5) is 5.69 Å². The van der Waals surface area contributed by atoms with Gasteiger partial charge in [-0.05, 0) is 63.3 Å². The highest BCUT2D eigenvalue weighted by atomic mass is 79.9. The molecule has 0 radical (unpaired) electrons. The minimum atomic E-state index is 0.352. The maximum Gasteiger partial charge on any atom is 0.0631 e. The van der Waals surface area contributed by atoms with Gasteiger partial charge in [-0.3, -0.25) is 0 Å². The molecular formula is C11H13Br3N2. The van der Waals surface area contributed by atoms with Crippen LogP contribution in [0.3, 0.4) is 0 Å². The zero-order chi connectivity index (χ0) is 11.7. The van der Waals surface area contributed by atoms with Crippen LogP contribution >= 0.6 is 47.8 Å². The summed E-state index contributed by atoms with van der Waals surface area (Å²) in [5.74, 6) is 0. The van der Waals surface area contributed by atoms with Crippen LogP contribution < -0.4 is 11.1 Å². The van der Waals surface area contributed by atoms with Crippen molar-refractivity contribution in [3.63, 3.8) is 0 Å². The lowest BCUT2D eigenvalue weighted by atomic mass is 10.2. The van der Waals surface area contributed by atoms with E-state index in [2.05, 4.69) is 53.1 Å². The van der Waals surface area contributed by atoms with Crippen LogP contribution in [0.2, 0.25) is 0 Å². The zero-order valence-electron chi connectivity index (χ0n) is 8.64. The van der Waals surface area contributed by atoms with Crippen molar-refractivity contribution in [2.45, 2.75) is 31.3 Å². The Morgan fingerprint density at radius 2 is 1.75 bits per heavy atom. The third kappa shape index (κ3) is 3.00. The Hall–Kier alpha value is 0.420. The fraction of sp³-hybridized carbons (Fsp3) is 0.455. The fourth-order valence-electron chi connectivity index (χ4n) is 2.03. The average Bonchev–Trinajstić information content (AvgIpc) is 2.58. The summed E-state index contributed by atoms with van der Waals surface area (Å²) < 4.78 is 3.18. The summed E-state index contributed by atoms with van der Waals surface area (Å²) in [6.07, 6.45) is 3.31. The Balaban J connectivity index is 2.15. The van der Waals surface area contributed by atoms with E-state index >= 15 is 0 Å². The number of nitrogens with two attached hydrogens (primary N) is 1. The quantitative estimate of drug-likeness (QED) is 0.761. The van der Waals surface area contributed by atoms with Gasteiger partial charge in [0.05, 0.1) is 5.69 Å². The van der Waals surface area contributed by atoms with Crippen LogP contribution in [0.5, 0.6) is 0 Å². The van der Waals surface area contributed by atoms with Crippen molar-refractivity contribution in [2.75, 3.05) is 5.32 Å². The molecule has 1 aliphatic carbocycles. The molecule has 0 spiro atoms. The Morgan fingerprint density at radius 3 is 2.25 bits per heavy atom. The molecule has 2 atom stereocenters. The molecule has 1 aromatic rings. The van der Waals surface area contributed by atoms with E-state index in [1.807, 2.05) is 12.1 Å². The van der Waals surface area contributed by atoms with E-state index in [-0.39, 0.29) is 0 Å². The Bertz CT molecular complexity index is 372. The SMILES string of the molecule is NC1CCC(Nc2c(Br)cc(Br)cc2Br)C1. The van der Waals surface area contributed by atoms with Crippen molar-refractivity contribution in [1.82, 2.24) is 0 Å². The van der Waals surface area contributed by atoms with Gasteiger partial charge in [0.1, 0.15) is 0 Å². The molecule has 2 unspecified atom stereocenters. The minimum absolute atomic E-state index is 0.352. The predicted octanol–water partition coefficient (Wildman–Crippen LogP) is 4.27. The van der Waals surface area contributed by atoms with Gasteiger partial charge in [0.15, 0.2) is 0 Å². The van der Waals surface area contributed by atoms with Gasteiger partial charge in [0.25, 0.3) is 0 Å². The number of benzene rings is 1. The normalized spacial score (nSPS) is 24.8. The molecule has 88 valence electrons. The number of anilines is 1. The Kier molecular flexibility index (Phi) is 4.32. The first-order valence-electron chi connectivity index (χ1n) is 5.23.